The molecule has 2 aliphatic rings. The van der Waals surface area contributed by atoms with E-state index >= 15 is 0 Å². The summed E-state index contributed by atoms with van der Waals surface area (Å²) in [5, 5.41) is 3.85. The van der Waals surface area contributed by atoms with Gasteiger partial charge in [0.05, 0.1) is 6.04 Å². The van der Waals surface area contributed by atoms with Crippen molar-refractivity contribution in [2.75, 3.05) is 18.0 Å². The molecule has 2 heterocycles. The van der Waals surface area contributed by atoms with E-state index in [1.165, 1.54) is 6.07 Å². The second kappa shape index (κ2) is 3.64. The highest BCUT2D eigenvalue weighted by molar-refractivity contribution is 5.67. The highest BCUT2D eigenvalue weighted by atomic mass is 19.1. The Labute approximate surface area is 98.7 Å². The molecule has 0 radical (unpaired) electrons. The molecule has 0 saturated heterocycles. The highest BCUT2D eigenvalue weighted by Crippen LogP contribution is 2.43. The van der Waals surface area contributed by atoms with E-state index in [1.807, 2.05) is 13.0 Å². The molecule has 0 N–H and O–H groups in total. The Morgan fingerprint density at radius 2 is 2.35 bits per heavy atom. The standard InChI is InChI=1S/C12H13FN4/c1-7-8-2-3-10(13)9-4-5-17(12(8)9)6-11(7)15-16-14/h2-3,7,11H,4-6H2,1H3. The number of azide groups is 1. The van der Waals surface area contributed by atoms with Crippen LogP contribution < -0.4 is 4.90 Å². The fourth-order valence-electron chi connectivity index (χ4n) is 2.94. The Hall–Kier alpha value is -1.74. The SMILES string of the molecule is CC1c2ccc(F)c3c2N(CC3)CC1N=[N+]=[N-]. The molecule has 0 aromatic heterocycles. The number of halogens is 1. The Kier molecular flexibility index (Phi) is 2.23. The molecule has 1 aromatic carbocycles. The molecule has 0 bridgehead atoms. The van der Waals surface area contributed by atoms with Gasteiger partial charge in [-0.2, -0.15) is 0 Å². The summed E-state index contributed by atoms with van der Waals surface area (Å²) in [5.41, 5.74) is 11.6. The van der Waals surface area contributed by atoms with Crippen molar-refractivity contribution in [2.24, 2.45) is 5.11 Å². The second-order valence-electron chi connectivity index (χ2n) is 4.72. The lowest BCUT2D eigenvalue weighted by molar-refractivity contribution is 0.530. The van der Waals surface area contributed by atoms with E-state index in [0.717, 1.165) is 29.8 Å². The quantitative estimate of drug-likeness (QED) is 0.417. The van der Waals surface area contributed by atoms with Gasteiger partial charge >= 0.3 is 0 Å². The zero-order valence-corrected chi connectivity index (χ0v) is 9.60. The van der Waals surface area contributed by atoms with Crippen LogP contribution in [0.3, 0.4) is 0 Å². The molecule has 1 aromatic rings. The first-order valence-electron chi connectivity index (χ1n) is 5.83. The van der Waals surface area contributed by atoms with Crippen LogP contribution in [0.1, 0.15) is 24.0 Å². The molecule has 0 aliphatic carbocycles. The van der Waals surface area contributed by atoms with Crippen LogP contribution in [0.2, 0.25) is 0 Å². The van der Waals surface area contributed by atoms with Crippen molar-refractivity contribution in [2.45, 2.75) is 25.3 Å². The van der Waals surface area contributed by atoms with Crippen molar-refractivity contribution < 1.29 is 4.39 Å². The number of nitrogens with zero attached hydrogens (tertiary/aromatic N) is 4. The maximum Gasteiger partial charge on any atom is 0.128 e. The average Bonchev–Trinajstić information content (AvgIpc) is 2.73. The summed E-state index contributed by atoms with van der Waals surface area (Å²) in [4.78, 5) is 5.06. The first kappa shape index (κ1) is 10.4. The maximum atomic E-state index is 13.7. The number of rotatable bonds is 1. The predicted molar refractivity (Wildman–Crippen MR) is 63.7 cm³/mol. The van der Waals surface area contributed by atoms with E-state index in [2.05, 4.69) is 14.9 Å². The molecule has 2 unspecified atom stereocenters. The molecule has 17 heavy (non-hydrogen) atoms. The molecule has 4 nitrogen and oxygen atoms in total. The summed E-state index contributed by atoms with van der Waals surface area (Å²) < 4.78 is 13.7. The van der Waals surface area contributed by atoms with Gasteiger partial charge in [-0.1, -0.05) is 18.1 Å². The molecule has 5 heteroatoms. The smallest absolute Gasteiger partial charge is 0.128 e. The zero-order chi connectivity index (χ0) is 12.0. The Morgan fingerprint density at radius 1 is 1.53 bits per heavy atom. The number of anilines is 1. The van der Waals surface area contributed by atoms with E-state index in [0.29, 0.717) is 6.54 Å². The van der Waals surface area contributed by atoms with E-state index in [-0.39, 0.29) is 17.8 Å². The first-order valence-corrected chi connectivity index (χ1v) is 5.83. The molecule has 88 valence electrons. The van der Waals surface area contributed by atoms with Crippen LogP contribution in [0, 0.1) is 5.82 Å². The number of hydrogen-bond acceptors (Lipinski definition) is 2. The average molecular weight is 232 g/mol. The van der Waals surface area contributed by atoms with Crippen molar-refractivity contribution >= 4 is 5.69 Å². The molecule has 2 atom stereocenters. The van der Waals surface area contributed by atoms with Crippen molar-refractivity contribution in [1.82, 2.24) is 0 Å². The fraction of sp³-hybridized carbons (Fsp3) is 0.500. The van der Waals surface area contributed by atoms with E-state index in [4.69, 9.17) is 5.53 Å². The van der Waals surface area contributed by atoms with Gasteiger partial charge < -0.3 is 4.90 Å². The van der Waals surface area contributed by atoms with Gasteiger partial charge in [0.2, 0.25) is 0 Å². The minimum atomic E-state index is -0.110. The van der Waals surface area contributed by atoms with Crippen LogP contribution in [-0.2, 0) is 6.42 Å². The third-order valence-corrected chi connectivity index (χ3v) is 3.88. The minimum absolute atomic E-state index is 0.0519. The number of hydrogen-bond donors (Lipinski definition) is 0. The van der Waals surface area contributed by atoms with Crippen molar-refractivity contribution in [3.8, 4) is 0 Å². The third-order valence-electron chi connectivity index (χ3n) is 3.88. The summed E-state index contributed by atoms with van der Waals surface area (Å²) in [6.07, 6.45) is 0.755. The van der Waals surface area contributed by atoms with Crippen LogP contribution in [0.15, 0.2) is 17.2 Å². The van der Waals surface area contributed by atoms with E-state index in [9.17, 15) is 4.39 Å². The number of benzene rings is 1. The van der Waals surface area contributed by atoms with E-state index < -0.39 is 0 Å². The lowest BCUT2D eigenvalue weighted by Gasteiger charge is -2.35. The van der Waals surface area contributed by atoms with Crippen molar-refractivity contribution in [1.29, 1.82) is 0 Å². The second-order valence-corrected chi connectivity index (χ2v) is 4.72. The third kappa shape index (κ3) is 1.39. The normalized spacial score (nSPS) is 25.4. The minimum Gasteiger partial charge on any atom is -0.370 e. The largest absolute Gasteiger partial charge is 0.370 e. The molecule has 0 amide bonds. The Morgan fingerprint density at radius 3 is 3.12 bits per heavy atom. The van der Waals surface area contributed by atoms with Gasteiger partial charge in [0.1, 0.15) is 5.82 Å². The molecule has 0 fully saturated rings. The summed E-state index contributed by atoms with van der Waals surface area (Å²) >= 11 is 0. The summed E-state index contributed by atoms with van der Waals surface area (Å²) in [6.45, 7) is 3.57. The van der Waals surface area contributed by atoms with Crippen LogP contribution in [0.5, 0.6) is 0 Å². The lowest BCUT2D eigenvalue weighted by atomic mass is 9.87. The highest BCUT2D eigenvalue weighted by Gasteiger charge is 2.35. The van der Waals surface area contributed by atoms with Crippen LogP contribution in [-0.4, -0.2) is 19.1 Å². The van der Waals surface area contributed by atoms with Crippen LogP contribution in [0.4, 0.5) is 10.1 Å². The van der Waals surface area contributed by atoms with Gasteiger partial charge in [0.25, 0.3) is 0 Å². The molecule has 2 aliphatic heterocycles. The fourth-order valence-corrected chi connectivity index (χ4v) is 2.94. The first-order chi connectivity index (χ1) is 8.22. The topological polar surface area (TPSA) is 52.0 Å². The molecular weight excluding hydrogens is 219 g/mol. The Bertz CT molecular complexity index is 521. The zero-order valence-electron chi connectivity index (χ0n) is 9.60. The van der Waals surface area contributed by atoms with Crippen LogP contribution in [0.25, 0.3) is 10.4 Å². The van der Waals surface area contributed by atoms with Gasteiger partial charge in [-0.05, 0) is 29.5 Å². The molecular formula is C12H13FN4. The summed E-state index contributed by atoms with van der Waals surface area (Å²) in [5.74, 6) is 0.0512. The predicted octanol–water partition coefficient (Wildman–Crippen LogP) is 2.98. The van der Waals surface area contributed by atoms with Gasteiger partial charge in [-0.3, -0.25) is 0 Å². The molecule has 0 spiro atoms. The van der Waals surface area contributed by atoms with Gasteiger partial charge in [0.15, 0.2) is 0 Å². The summed E-state index contributed by atoms with van der Waals surface area (Å²) in [6, 6.07) is 3.31. The van der Waals surface area contributed by atoms with Gasteiger partial charge in [0, 0.05) is 29.3 Å². The van der Waals surface area contributed by atoms with Crippen LogP contribution >= 0.6 is 0 Å². The molecule has 0 saturated carbocycles. The van der Waals surface area contributed by atoms with Crippen molar-refractivity contribution in [3.63, 3.8) is 0 Å². The maximum absolute atomic E-state index is 13.7. The van der Waals surface area contributed by atoms with Crippen molar-refractivity contribution in [3.05, 3.63) is 39.5 Å². The lowest BCUT2D eigenvalue weighted by Crippen LogP contribution is -2.37. The Balaban J connectivity index is 2.14. The van der Waals surface area contributed by atoms with Gasteiger partial charge in [-0.25, -0.2) is 4.39 Å². The van der Waals surface area contributed by atoms with E-state index in [1.54, 1.807) is 0 Å². The molecule has 3 rings (SSSR count). The monoisotopic (exact) mass is 232 g/mol. The summed E-state index contributed by atoms with van der Waals surface area (Å²) in [7, 11) is 0. The van der Waals surface area contributed by atoms with Gasteiger partial charge in [-0.15, -0.1) is 0 Å².